The summed E-state index contributed by atoms with van der Waals surface area (Å²) in [5.74, 6) is -0.218. The first-order chi connectivity index (χ1) is 10.3. The Labute approximate surface area is 122 Å². The average molecular weight is 310 g/mol. The third-order valence-corrected chi connectivity index (χ3v) is 3.12. The summed E-state index contributed by atoms with van der Waals surface area (Å²) in [6.07, 6.45) is -4.73. The molecule has 3 nitrogen and oxygen atoms in total. The molecule has 1 aromatic heterocycles. The molecule has 1 N–H and O–H groups in total. The van der Waals surface area contributed by atoms with Gasteiger partial charge in [-0.1, -0.05) is 0 Å². The summed E-state index contributed by atoms with van der Waals surface area (Å²) in [4.78, 5) is 7.24. The number of alkyl halides is 3. The van der Waals surface area contributed by atoms with E-state index >= 15 is 0 Å². The van der Waals surface area contributed by atoms with Gasteiger partial charge in [-0.3, -0.25) is 0 Å². The summed E-state index contributed by atoms with van der Waals surface area (Å²) in [5, 5.41) is 0. The molecule has 3 aromatic rings. The number of nitrogens with zero attached hydrogens (tertiary/aromatic N) is 1. The fraction of sp³-hybridized carbons (Fsp3) is 0.133. The second-order valence-electron chi connectivity index (χ2n) is 4.78. The number of aryl methyl sites for hydroxylation is 1. The summed E-state index contributed by atoms with van der Waals surface area (Å²) < 4.78 is 53.6. The van der Waals surface area contributed by atoms with Gasteiger partial charge < -0.3 is 9.72 Å². The normalized spacial score (nSPS) is 11.9. The van der Waals surface area contributed by atoms with Gasteiger partial charge in [-0.05, 0) is 48.9 Å². The summed E-state index contributed by atoms with van der Waals surface area (Å²) in [6.45, 7) is 1.63. The van der Waals surface area contributed by atoms with Gasteiger partial charge in [0.05, 0.1) is 11.0 Å². The van der Waals surface area contributed by atoms with Crippen LogP contribution in [0.25, 0.3) is 22.4 Å². The maximum absolute atomic E-state index is 13.5. The Morgan fingerprint density at radius 2 is 1.77 bits per heavy atom. The van der Waals surface area contributed by atoms with Crippen molar-refractivity contribution in [2.24, 2.45) is 0 Å². The molecule has 0 unspecified atom stereocenters. The number of ether oxygens (including phenoxy) is 1. The van der Waals surface area contributed by atoms with E-state index in [2.05, 4.69) is 14.7 Å². The molecule has 0 amide bonds. The molecule has 3 rings (SSSR count). The molecule has 0 aliphatic carbocycles. The highest BCUT2D eigenvalue weighted by atomic mass is 19.4. The van der Waals surface area contributed by atoms with E-state index in [1.807, 2.05) is 0 Å². The van der Waals surface area contributed by atoms with Gasteiger partial charge in [0, 0.05) is 5.56 Å². The maximum atomic E-state index is 13.5. The van der Waals surface area contributed by atoms with Crippen molar-refractivity contribution >= 4 is 11.0 Å². The smallest absolute Gasteiger partial charge is 0.406 e. The van der Waals surface area contributed by atoms with Gasteiger partial charge in [-0.15, -0.1) is 13.2 Å². The van der Waals surface area contributed by atoms with Crippen LogP contribution < -0.4 is 4.74 Å². The number of fused-ring (bicyclic) bond motifs is 1. The molecule has 1 heterocycles. The van der Waals surface area contributed by atoms with E-state index in [0.29, 0.717) is 28.0 Å². The van der Waals surface area contributed by atoms with Crippen LogP contribution in [0.4, 0.5) is 17.6 Å². The zero-order valence-electron chi connectivity index (χ0n) is 11.3. The molecule has 2 aromatic carbocycles. The number of aromatic nitrogens is 2. The summed E-state index contributed by atoms with van der Waals surface area (Å²) in [5.41, 5.74) is 2.15. The van der Waals surface area contributed by atoms with E-state index in [1.165, 1.54) is 30.3 Å². The highest BCUT2D eigenvalue weighted by Gasteiger charge is 2.31. The molecule has 0 aliphatic rings. The molecule has 0 atom stereocenters. The summed E-state index contributed by atoms with van der Waals surface area (Å²) in [7, 11) is 0. The van der Waals surface area contributed by atoms with Gasteiger partial charge in [0.15, 0.2) is 0 Å². The minimum atomic E-state index is -4.73. The van der Waals surface area contributed by atoms with Crippen LogP contribution in [0.2, 0.25) is 0 Å². The lowest BCUT2D eigenvalue weighted by molar-refractivity contribution is -0.274. The Balaban J connectivity index is 1.94. The topological polar surface area (TPSA) is 37.9 Å². The fourth-order valence-corrected chi connectivity index (χ4v) is 2.09. The molecule has 0 fully saturated rings. The molecular formula is C15H10F4N2O. The van der Waals surface area contributed by atoms with Crippen molar-refractivity contribution in [3.63, 3.8) is 0 Å². The number of benzene rings is 2. The van der Waals surface area contributed by atoms with E-state index in [-0.39, 0.29) is 11.6 Å². The number of halogens is 4. The molecule has 114 valence electrons. The number of nitrogens with one attached hydrogen (secondary N) is 1. The zero-order chi connectivity index (χ0) is 15.9. The lowest BCUT2D eigenvalue weighted by Gasteiger charge is -2.08. The van der Waals surface area contributed by atoms with Gasteiger partial charge >= 0.3 is 6.36 Å². The maximum Gasteiger partial charge on any atom is 0.573 e. The average Bonchev–Trinajstić information content (AvgIpc) is 2.81. The molecule has 0 spiro atoms. The Kier molecular flexibility index (Phi) is 3.27. The van der Waals surface area contributed by atoms with Gasteiger partial charge in [0.2, 0.25) is 0 Å². The molecule has 0 saturated heterocycles. The number of aromatic amines is 1. The molecular weight excluding hydrogens is 300 g/mol. The predicted octanol–water partition coefficient (Wildman–Crippen LogP) is 4.58. The number of H-pyrrole nitrogens is 1. The first kappa shape index (κ1) is 14.4. The lowest BCUT2D eigenvalue weighted by Crippen LogP contribution is -2.16. The number of rotatable bonds is 2. The van der Waals surface area contributed by atoms with Crippen molar-refractivity contribution < 1.29 is 22.3 Å². The van der Waals surface area contributed by atoms with E-state index in [9.17, 15) is 17.6 Å². The third kappa shape index (κ3) is 2.88. The largest absolute Gasteiger partial charge is 0.573 e. The van der Waals surface area contributed by atoms with Crippen LogP contribution >= 0.6 is 0 Å². The Morgan fingerprint density at radius 3 is 2.41 bits per heavy atom. The zero-order valence-corrected chi connectivity index (χ0v) is 11.3. The van der Waals surface area contributed by atoms with Crippen LogP contribution in [0, 0.1) is 12.7 Å². The number of hydrogen-bond donors (Lipinski definition) is 1. The number of imidazole rings is 1. The number of hydrogen-bond acceptors (Lipinski definition) is 2. The Bertz CT molecular complexity index is 783. The van der Waals surface area contributed by atoms with Crippen molar-refractivity contribution in [2.75, 3.05) is 0 Å². The fourth-order valence-electron chi connectivity index (χ4n) is 2.09. The molecule has 22 heavy (non-hydrogen) atoms. The van der Waals surface area contributed by atoms with Gasteiger partial charge in [0.25, 0.3) is 0 Å². The van der Waals surface area contributed by atoms with Crippen molar-refractivity contribution in [2.45, 2.75) is 13.3 Å². The molecule has 0 radical (unpaired) electrons. The third-order valence-electron chi connectivity index (χ3n) is 3.12. The van der Waals surface area contributed by atoms with Crippen molar-refractivity contribution in [3.8, 4) is 17.1 Å². The molecule has 7 heteroatoms. The van der Waals surface area contributed by atoms with Crippen LogP contribution in [-0.4, -0.2) is 16.3 Å². The Hall–Kier alpha value is -2.57. The van der Waals surface area contributed by atoms with Crippen LogP contribution in [-0.2, 0) is 0 Å². The van der Waals surface area contributed by atoms with Crippen molar-refractivity contribution in [1.29, 1.82) is 0 Å². The summed E-state index contributed by atoms with van der Waals surface area (Å²) in [6, 6.07) is 8.22. The first-order valence-electron chi connectivity index (χ1n) is 6.34. The van der Waals surface area contributed by atoms with Crippen molar-refractivity contribution in [3.05, 3.63) is 47.8 Å². The minimum absolute atomic E-state index is 0.311. The highest BCUT2D eigenvalue weighted by molar-refractivity contribution is 5.80. The molecule has 0 bridgehead atoms. The minimum Gasteiger partial charge on any atom is -0.406 e. The van der Waals surface area contributed by atoms with E-state index < -0.39 is 6.36 Å². The highest BCUT2D eigenvalue weighted by Crippen LogP contribution is 2.27. The first-order valence-corrected chi connectivity index (χ1v) is 6.34. The Morgan fingerprint density at radius 1 is 1.09 bits per heavy atom. The molecule has 0 aliphatic heterocycles. The molecule has 0 saturated carbocycles. The van der Waals surface area contributed by atoms with Crippen LogP contribution in [0.5, 0.6) is 5.75 Å². The van der Waals surface area contributed by atoms with Crippen LogP contribution in [0.1, 0.15) is 5.56 Å². The van der Waals surface area contributed by atoms with E-state index in [1.54, 1.807) is 13.0 Å². The van der Waals surface area contributed by atoms with Crippen LogP contribution in [0.3, 0.4) is 0 Å². The SMILES string of the molecule is Cc1cc2nc(-c3ccc(OC(F)(F)F)cc3)[nH]c2cc1F. The second-order valence-corrected chi connectivity index (χ2v) is 4.78. The standard InChI is InChI=1S/C15H10F4N2O/c1-8-6-12-13(7-11(8)16)21-14(20-12)9-2-4-10(5-3-9)22-15(17,18)19/h2-7H,1H3,(H,20,21). The van der Waals surface area contributed by atoms with E-state index in [4.69, 9.17) is 0 Å². The lowest BCUT2D eigenvalue weighted by atomic mass is 10.2. The quantitative estimate of drug-likeness (QED) is 0.704. The summed E-state index contributed by atoms with van der Waals surface area (Å²) >= 11 is 0. The second kappa shape index (κ2) is 5.01. The van der Waals surface area contributed by atoms with Gasteiger partial charge in [-0.2, -0.15) is 0 Å². The van der Waals surface area contributed by atoms with Crippen LogP contribution in [0.15, 0.2) is 36.4 Å². The van der Waals surface area contributed by atoms with Gasteiger partial charge in [-0.25, -0.2) is 9.37 Å². The predicted molar refractivity (Wildman–Crippen MR) is 72.9 cm³/mol. The van der Waals surface area contributed by atoms with Gasteiger partial charge in [0.1, 0.15) is 17.4 Å². The van der Waals surface area contributed by atoms with E-state index in [0.717, 1.165) is 0 Å². The monoisotopic (exact) mass is 310 g/mol. The van der Waals surface area contributed by atoms with Crippen molar-refractivity contribution in [1.82, 2.24) is 9.97 Å².